The van der Waals surface area contributed by atoms with E-state index in [1.807, 2.05) is 0 Å². The zero-order chi connectivity index (χ0) is 16.9. The van der Waals surface area contributed by atoms with Crippen LogP contribution in [0.4, 0.5) is 3.89 Å². The van der Waals surface area contributed by atoms with Crippen LogP contribution in [-0.2, 0) is 21.8 Å². The van der Waals surface area contributed by atoms with Gasteiger partial charge >= 0.3 is 16.5 Å². The molecule has 0 radical (unpaired) electrons. The molecule has 0 heterocycles. The first-order valence-corrected chi connectivity index (χ1v) is 7.72. The Labute approximate surface area is 132 Å². The molecule has 0 aliphatic heterocycles. The average molecular weight is 340 g/mol. The number of methoxy groups -OCH3 is 1. The standard InChI is InChI=1S/C15H13FO6S/c1-20-15(17)12-4-2-11(3-5-12)10-21-13-6-8-14(9-7-13)22-23(16,18)19/h2-9H,10H2,1H3. The van der Waals surface area contributed by atoms with Crippen molar-refractivity contribution in [3.8, 4) is 11.5 Å². The quantitative estimate of drug-likeness (QED) is 0.594. The van der Waals surface area contributed by atoms with Gasteiger partial charge in [-0.15, -0.1) is 0 Å². The van der Waals surface area contributed by atoms with Gasteiger partial charge in [0, 0.05) is 0 Å². The maximum Gasteiger partial charge on any atom is 0.488 e. The lowest BCUT2D eigenvalue weighted by atomic mass is 10.1. The molecule has 0 unspecified atom stereocenters. The van der Waals surface area contributed by atoms with Gasteiger partial charge < -0.3 is 13.7 Å². The fourth-order valence-electron chi connectivity index (χ4n) is 1.73. The lowest BCUT2D eigenvalue weighted by molar-refractivity contribution is 0.0600. The van der Waals surface area contributed by atoms with Crippen molar-refractivity contribution >= 4 is 16.5 Å². The number of benzene rings is 2. The van der Waals surface area contributed by atoms with Crippen LogP contribution < -0.4 is 8.92 Å². The molecule has 0 fully saturated rings. The molecule has 0 amide bonds. The summed E-state index contributed by atoms with van der Waals surface area (Å²) in [6.07, 6.45) is 0. The molecular formula is C15H13FO6S. The maximum atomic E-state index is 12.3. The minimum atomic E-state index is -5.04. The highest BCUT2D eigenvalue weighted by Gasteiger charge is 2.09. The highest BCUT2D eigenvalue weighted by Crippen LogP contribution is 2.20. The van der Waals surface area contributed by atoms with E-state index in [9.17, 15) is 17.1 Å². The monoisotopic (exact) mass is 340 g/mol. The van der Waals surface area contributed by atoms with Crippen LogP contribution in [0.3, 0.4) is 0 Å². The Morgan fingerprint density at radius 3 is 2.09 bits per heavy atom. The minimum Gasteiger partial charge on any atom is -0.489 e. The maximum absolute atomic E-state index is 12.3. The summed E-state index contributed by atoms with van der Waals surface area (Å²) in [6, 6.07) is 12.1. The Morgan fingerprint density at radius 2 is 1.57 bits per heavy atom. The first kappa shape index (κ1) is 16.8. The van der Waals surface area contributed by atoms with E-state index in [4.69, 9.17) is 4.74 Å². The lowest BCUT2D eigenvalue weighted by Gasteiger charge is -2.07. The number of esters is 1. The fraction of sp³-hybridized carbons (Fsp3) is 0.133. The summed E-state index contributed by atoms with van der Waals surface area (Å²) >= 11 is 0. The molecule has 2 aromatic rings. The van der Waals surface area contributed by atoms with Crippen LogP contribution in [0.2, 0.25) is 0 Å². The first-order chi connectivity index (χ1) is 10.9. The molecule has 0 aliphatic rings. The molecule has 0 spiro atoms. The molecule has 8 heteroatoms. The summed E-state index contributed by atoms with van der Waals surface area (Å²) in [5.41, 5.74) is 1.26. The third-order valence-corrected chi connectivity index (χ3v) is 3.19. The van der Waals surface area contributed by atoms with Gasteiger partial charge in [0.25, 0.3) is 0 Å². The van der Waals surface area contributed by atoms with Gasteiger partial charge in [-0.05, 0) is 42.0 Å². The predicted molar refractivity (Wildman–Crippen MR) is 79.2 cm³/mol. The minimum absolute atomic E-state index is 0.151. The smallest absolute Gasteiger partial charge is 0.488 e. The number of rotatable bonds is 6. The normalized spacial score (nSPS) is 10.9. The van der Waals surface area contributed by atoms with Gasteiger partial charge in [0.2, 0.25) is 0 Å². The van der Waals surface area contributed by atoms with E-state index in [-0.39, 0.29) is 12.4 Å². The second-order valence-electron chi connectivity index (χ2n) is 4.43. The van der Waals surface area contributed by atoms with Gasteiger partial charge in [0.05, 0.1) is 12.7 Å². The number of hydrogen-bond acceptors (Lipinski definition) is 6. The van der Waals surface area contributed by atoms with E-state index >= 15 is 0 Å². The Morgan fingerprint density at radius 1 is 1.00 bits per heavy atom. The van der Waals surface area contributed by atoms with Gasteiger partial charge in [-0.1, -0.05) is 16.0 Å². The van der Waals surface area contributed by atoms with Crippen LogP contribution in [-0.4, -0.2) is 21.5 Å². The molecule has 0 aromatic heterocycles. The summed E-state index contributed by atoms with van der Waals surface area (Å²) in [5, 5.41) is 0. The molecule has 0 aliphatic carbocycles. The Hall–Kier alpha value is -2.61. The number of hydrogen-bond donors (Lipinski definition) is 0. The molecule has 122 valence electrons. The number of carbonyl (C=O) groups is 1. The van der Waals surface area contributed by atoms with Crippen LogP contribution in [0.15, 0.2) is 48.5 Å². The zero-order valence-corrected chi connectivity index (χ0v) is 12.9. The van der Waals surface area contributed by atoms with E-state index in [2.05, 4.69) is 8.92 Å². The van der Waals surface area contributed by atoms with Crippen molar-refractivity contribution < 1.29 is 30.8 Å². The van der Waals surface area contributed by atoms with E-state index in [1.165, 1.54) is 31.4 Å². The highest BCUT2D eigenvalue weighted by molar-refractivity contribution is 7.81. The molecule has 6 nitrogen and oxygen atoms in total. The van der Waals surface area contributed by atoms with Gasteiger partial charge in [-0.3, -0.25) is 0 Å². The van der Waals surface area contributed by atoms with Crippen LogP contribution in [0.1, 0.15) is 15.9 Å². The Bertz CT molecular complexity index is 769. The molecule has 2 aromatic carbocycles. The van der Waals surface area contributed by atoms with Gasteiger partial charge in [-0.25, -0.2) is 4.79 Å². The largest absolute Gasteiger partial charge is 0.489 e. The van der Waals surface area contributed by atoms with Crippen LogP contribution >= 0.6 is 0 Å². The molecular weight excluding hydrogens is 327 g/mol. The highest BCUT2D eigenvalue weighted by atomic mass is 32.3. The van der Waals surface area contributed by atoms with Crippen molar-refractivity contribution in [3.05, 3.63) is 59.7 Å². The topological polar surface area (TPSA) is 78.9 Å². The molecule has 0 N–H and O–H groups in total. The van der Waals surface area contributed by atoms with Crippen molar-refractivity contribution in [2.45, 2.75) is 6.61 Å². The number of ether oxygens (including phenoxy) is 2. The van der Waals surface area contributed by atoms with E-state index < -0.39 is 16.5 Å². The number of carbonyl (C=O) groups excluding carboxylic acids is 1. The fourth-order valence-corrected chi connectivity index (χ4v) is 2.07. The van der Waals surface area contributed by atoms with Crippen LogP contribution in [0.5, 0.6) is 11.5 Å². The molecule has 0 saturated carbocycles. The second-order valence-corrected chi connectivity index (χ2v) is 5.38. The van der Waals surface area contributed by atoms with Crippen molar-refractivity contribution in [1.82, 2.24) is 0 Å². The summed E-state index contributed by atoms with van der Waals surface area (Å²) in [6.45, 7) is 0.239. The van der Waals surface area contributed by atoms with Crippen molar-refractivity contribution in [2.24, 2.45) is 0 Å². The van der Waals surface area contributed by atoms with Crippen molar-refractivity contribution in [2.75, 3.05) is 7.11 Å². The molecule has 0 bridgehead atoms. The predicted octanol–water partition coefficient (Wildman–Crippen LogP) is 2.65. The van der Waals surface area contributed by atoms with Gasteiger partial charge in [-0.2, -0.15) is 8.42 Å². The molecule has 23 heavy (non-hydrogen) atoms. The molecule has 2 rings (SSSR count). The van der Waals surface area contributed by atoms with Crippen molar-refractivity contribution in [1.29, 1.82) is 0 Å². The van der Waals surface area contributed by atoms with Crippen molar-refractivity contribution in [3.63, 3.8) is 0 Å². The van der Waals surface area contributed by atoms with Crippen LogP contribution in [0.25, 0.3) is 0 Å². The second kappa shape index (κ2) is 7.10. The Kier molecular flexibility index (Phi) is 5.17. The van der Waals surface area contributed by atoms with E-state index in [1.54, 1.807) is 24.3 Å². The third kappa shape index (κ3) is 5.26. The zero-order valence-electron chi connectivity index (χ0n) is 12.1. The van der Waals surface area contributed by atoms with E-state index in [0.29, 0.717) is 11.3 Å². The summed E-state index contributed by atoms with van der Waals surface area (Å²) in [7, 11) is -3.73. The first-order valence-electron chi connectivity index (χ1n) is 6.41. The summed E-state index contributed by atoms with van der Waals surface area (Å²) in [5.74, 6) is -0.121. The van der Waals surface area contributed by atoms with Crippen LogP contribution in [0, 0.1) is 0 Å². The van der Waals surface area contributed by atoms with E-state index in [0.717, 1.165) is 5.56 Å². The summed E-state index contributed by atoms with van der Waals surface area (Å²) in [4.78, 5) is 11.3. The molecule has 0 saturated heterocycles. The average Bonchev–Trinajstić information content (AvgIpc) is 2.52. The third-order valence-electron chi connectivity index (χ3n) is 2.80. The van der Waals surface area contributed by atoms with Gasteiger partial charge in [0.1, 0.15) is 18.1 Å². The Balaban J connectivity index is 1.94. The lowest BCUT2D eigenvalue weighted by Crippen LogP contribution is -2.02. The SMILES string of the molecule is COC(=O)c1ccc(COc2ccc(OS(=O)(=O)F)cc2)cc1. The molecule has 0 atom stereocenters. The number of halogens is 1. The summed E-state index contributed by atoms with van der Waals surface area (Å²) < 4.78 is 47.2. The van der Waals surface area contributed by atoms with Gasteiger partial charge in [0.15, 0.2) is 0 Å².